The zero-order chi connectivity index (χ0) is 24.7. The SMILES string of the molecule is C=CCOc1ccc(C2C(=C(O)c3ccccc3)C(=O)C(=O)N2CCCN(C)C)cc1OCC. The van der Waals surface area contributed by atoms with Gasteiger partial charge in [0, 0.05) is 12.1 Å². The molecule has 2 aromatic rings. The highest BCUT2D eigenvalue weighted by Crippen LogP contribution is 2.42. The molecule has 1 N–H and O–H groups in total. The van der Waals surface area contributed by atoms with Crippen molar-refractivity contribution in [3.05, 3.63) is 77.9 Å². The third kappa shape index (κ3) is 5.48. The highest BCUT2D eigenvalue weighted by molar-refractivity contribution is 6.46. The largest absolute Gasteiger partial charge is 0.507 e. The molecule has 0 aromatic heterocycles. The van der Waals surface area contributed by atoms with Gasteiger partial charge in [0.15, 0.2) is 11.5 Å². The van der Waals surface area contributed by atoms with Crippen molar-refractivity contribution in [1.29, 1.82) is 0 Å². The molecular formula is C27H32N2O5. The molecule has 1 heterocycles. The number of carbonyl (C=O) groups excluding carboxylic acids is 2. The van der Waals surface area contributed by atoms with E-state index in [-0.39, 0.29) is 11.3 Å². The van der Waals surface area contributed by atoms with Gasteiger partial charge in [-0.2, -0.15) is 0 Å². The maximum atomic E-state index is 13.1. The molecule has 2 aromatic carbocycles. The van der Waals surface area contributed by atoms with Gasteiger partial charge in [0.1, 0.15) is 12.4 Å². The molecule has 34 heavy (non-hydrogen) atoms. The van der Waals surface area contributed by atoms with Crippen LogP contribution >= 0.6 is 0 Å². The van der Waals surface area contributed by atoms with E-state index in [9.17, 15) is 14.7 Å². The Hall–Kier alpha value is -3.58. The minimum atomic E-state index is -0.741. The molecule has 0 bridgehead atoms. The lowest BCUT2D eigenvalue weighted by Crippen LogP contribution is -2.32. The number of ether oxygens (including phenoxy) is 2. The third-order valence-electron chi connectivity index (χ3n) is 5.53. The standard InChI is InChI=1S/C27H32N2O5/c1-5-17-34-21-14-13-20(18-22(21)33-6-2)24-23(25(30)19-11-8-7-9-12-19)26(31)27(32)29(24)16-10-15-28(3)4/h5,7-9,11-14,18,24,30H,1,6,10,15-17H2,2-4H3. The number of benzene rings is 2. The summed E-state index contributed by atoms with van der Waals surface area (Å²) in [6, 6.07) is 13.4. The monoisotopic (exact) mass is 464 g/mol. The Morgan fingerprint density at radius 3 is 2.50 bits per heavy atom. The second-order valence-electron chi connectivity index (χ2n) is 8.25. The maximum Gasteiger partial charge on any atom is 0.295 e. The van der Waals surface area contributed by atoms with Crippen LogP contribution in [0.2, 0.25) is 0 Å². The fourth-order valence-electron chi connectivity index (χ4n) is 4.00. The number of rotatable bonds is 11. The molecule has 7 nitrogen and oxygen atoms in total. The number of ketones is 1. The Bertz CT molecular complexity index is 1060. The van der Waals surface area contributed by atoms with Gasteiger partial charge in [0.05, 0.1) is 18.2 Å². The van der Waals surface area contributed by atoms with Crippen molar-refractivity contribution >= 4 is 17.4 Å². The van der Waals surface area contributed by atoms with Crippen molar-refractivity contribution in [1.82, 2.24) is 9.80 Å². The first kappa shape index (κ1) is 25.1. The number of nitrogens with zero attached hydrogens (tertiary/aromatic N) is 2. The maximum absolute atomic E-state index is 13.1. The minimum Gasteiger partial charge on any atom is -0.507 e. The molecule has 1 unspecified atom stereocenters. The molecule has 7 heteroatoms. The molecule has 0 aliphatic carbocycles. The van der Waals surface area contributed by atoms with E-state index in [0.717, 1.165) is 6.54 Å². The molecule has 0 saturated carbocycles. The van der Waals surface area contributed by atoms with Crippen LogP contribution in [0.3, 0.4) is 0 Å². The summed E-state index contributed by atoms with van der Waals surface area (Å²) in [5.74, 6) is -0.463. The molecule has 1 aliphatic heterocycles. The van der Waals surface area contributed by atoms with Gasteiger partial charge in [-0.1, -0.05) is 49.1 Å². The van der Waals surface area contributed by atoms with Crippen molar-refractivity contribution in [3.63, 3.8) is 0 Å². The molecule has 0 radical (unpaired) electrons. The fourth-order valence-corrected chi connectivity index (χ4v) is 4.00. The van der Waals surface area contributed by atoms with Gasteiger partial charge in [0.25, 0.3) is 11.7 Å². The molecule has 1 amide bonds. The predicted molar refractivity (Wildman–Crippen MR) is 132 cm³/mol. The number of hydrogen-bond donors (Lipinski definition) is 1. The van der Waals surface area contributed by atoms with Crippen LogP contribution in [-0.2, 0) is 9.59 Å². The van der Waals surface area contributed by atoms with Crippen LogP contribution in [-0.4, -0.2) is 67.0 Å². The molecular weight excluding hydrogens is 432 g/mol. The van der Waals surface area contributed by atoms with E-state index < -0.39 is 17.7 Å². The van der Waals surface area contributed by atoms with Crippen molar-refractivity contribution in [2.75, 3.05) is 40.4 Å². The summed E-state index contributed by atoms with van der Waals surface area (Å²) in [7, 11) is 3.91. The van der Waals surface area contributed by atoms with Crippen LogP contribution in [0.5, 0.6) is 11.5 Å². The smallest absolute Gasteiger partial charge is 0.295 e. The minimum absolute atomic E-state index is 0.0725. The van der Waals surface area contributed by atoms with Crippen LogP contribution in [0, 0.1) is 0 Å². The Labute approximate surface area is 200 Å². The molecule has 0 spiro atoms. The van der Waals surface area contributed by atoms with Crippen molar-refractivity contribution in [2.24, 2.45) is 0 Å². The van der Waals surface area contributed by atoms with Crippen molar-refractivity contribution in [2.45, 2.75) is 19.4 Å². The summed E-state index contributed by atoms with van der Waals surface area (Å²) in [4.78, 5) is 29.8. The quantitative estimate of drug-likeness (QED) is 0.234. The van der Waals surface area contributed by atoms with Gasteiger partial charge in [-0.15, -0.1) is 0 Å². The molecule has 3 rings (SSSR count). The van der Waals surface area contributed by atoms with Gasteiger partial charge in [0.2, 0.25) is 0 Å². The van der Waals surface area contributed by atoms with E-state index in [0.29, 0.717) is 48.8 Å². The Balaban J connectivity index is 2.11. The Morgan fingerprint density at radius 2 is 1.85 bits per heavy atom. The first-order valence-electron chi connectivity index (χ1n) is 11.4. The summed E-state index contributed by atoms with van der Waals surface area (Å²) < 4.78 is 11.5. The number of carbonyl (C=O) groups is 2. The number of Topliss-reactive ketones (excluding diaryl/α,β-unsaturated/α-hetero) is 1. The number of aliphatic hydroxyl groups is 1. The number of aliphatic hydroxyl groups excluding tert-OH is 1. The predicted octanol–water partition coefficient (Wildman–Crippen LogP) is 4.02. The molecule has 1 atom stereocenters. The van der Waals surface area contributed by atoms with Gasteiger partial charge in [-0.05, 0) is 51.7 Å². The summed E-state index contributed by atoms with van der Waals surface area (Å²) >= 11 is 0. The average Bonchev–Trinajstić information content (AvgIpc) is 3.08. The van der Waals surface area contributed by atoms with Gasteiger partial charge in [-0.25, -0.2) is 0 Å². The lowest BCUT2D eigenvalue weighted by Gasteiger charge is -2.26. The topological polar surface area (TPSA) is 79.3 Å². The van der Waals surface area contributed by atoms with Gasteiger partial charge >= 0.3 is 0 Å². The lowest BCUT2D eigenvalue weighted by atomic mass is 9.95. The van der Waals surface area contributed by atoms with E-state index in [2.05, 4.69) is 6.58 Å². The van der Waals surface area contributed by atoms with E-state index in [1.807, 2.05) is 32.0 Å². The van der Waals surface area contributed by atoms with Crippen LogP contribution in [0.1, 0.15) is 30.5 Å². The van der Waals surface area contributed by atoms with Crippen LogP contribution in [0.15, 0.2) is 66.8 Å². The fraction of sp³-hybridized carbons (Fsp3) is 0.333. The second-order valence-corrected chi connectivity index (χ2v) is 8.25. The first-order valence-corrected chi connectivity index (χ1v) is 11.4. The van der Waals surface area contributed by atoms with E-state index in [1.165, 1.54) is 4.90 Å². The summed E-state index contributed by atoms with van der Waals surface area (Å²) in [6.45, 7) is 7.40. The average molecular weight is 465 g/mol. The van der Waals surface area contributed by atoms with Crippen molar-refractivity contribution < 1.29 is 24.2 Å². The normalized spacial score (nSPS) is 17.3. The highest BCUT2D eigenvalue weighted by atomic mass is 16.5. The van der Waals surface area contributed by atoms with Crippen LogP contribution in [0.25, 0.3) is 5.76 Å². The van der Waals surface area contributed by atoms with E-state index >= 15 is 0 Å². The number of amides is 1. The van der Waals surface area contributed by atoms with Crippen LogP contribution < -0.4 is 9.47 Å². The molecule has 1 fully saturated rings. The van der Waals surface area contributed by atoms with Gasteiger partial charge < -0.3 is 24.4 Å². The first-order chi connectivity index (χ1) is 16.4. The summed E-state index contributed by atoms with van der Waals surface area (Å²) in [6.07, 6.45) is 2.32. The Kier molecular flexibility index (Phi) is 8.49. The molecule has 1 saturated heterocycles. The van der Waals surface area contributed by atoms with Crippen molar-refractivity contribution in [3.8, 4) is 11.5 Å². The zero-order valence-electron chi connectivity index (χ0n) is 20.0. The second kappa shape index (κ2) is 11.5. The summed E-state index contributed by atoms with van der Waals surface area (Å²) in [5.41, 5.74) is 1.22. The number of likely N-dealkylation sites (tertiary alicyclic amines) is 1. The summed E-state index contributed by atoms with van der Waals surface area (Å²) in [5, 5.41) is 11.1. The molecule has 180 valence electrons. The highest BCUT2D eigenvalue weighted by Gasteiger charge is 2.46. The van der Waals surface area contributed by atoms with E-state index in [1.54, 1.807) is 48.5 Å². The van der Waals surface area contributed by atoms with E-state index in [4.69, 9.17) is 9.47 Å². The lowest BCUT2D eigenvalue weighted by molar-refractivity contribution is -0.139. The third-order valence-corrected chi connectivity index (χ3v) is 5.53. The van der Waals surface area contributed by atoms with Crippen LogP contribution in [0.4, 0.5) is 0 Å². The zero-order valence-corrected chi connectivity index (χ0v) is 20.0. The number of hydrogen-bond acceptors (Lipinski definition) is 6. The molecule has 1 aliphatic rings. The van der Waals surface area contributed by atoms with Gasteiger partial charge in [-0.3, -0.25) is 9.59 Å². The Morgan fingerprint density at radius 1 is 1.12 bits per heavy atom.